The molecule has 4 nitrogen and oxygen atoms in total. The number of aromatic hydroxyl groups is 4. The second-order valence-electron chi connectivity index (χ2n) is 41.3. The maximum absolute atomic E-state index is 11.5. The monoisotopic (exact) mass is 1890 g/mol. The number of fused-ring (bicyclic) bond motifs is 12. The quantitative estimate of drug-likeness (QED) is 0.0726. The maximum atomic E-state index is 11.5. The van der Waals surface area contributed by atoms with E-state index in [-0.39, 0.29) is 23.0 Å². The molecule has 4 heteroatoms. The summed E-state index contributed by atoms with van der Waals surface area (Å²) in [5.41, 5.74) is 37.5. The SMILES string of the molecule is Oc1ccc2c(c1)/C(=C\c1ccc3ccc4cccc5ccc1c3c45)c1cc(-c3ccc(C(c4ccc(-c5ccc6c(c5)/C(=C/c5ccc7ccc8cccc9ccc5c7c89)c5cc(O)ccc5-6)cc4)(c4ccc(-c5ccc6c(c5)/C(=C/c5ccc7ccc8cccc9ccc5c7c89)c5cc(O)ccc5-6)cc4)c4ccc(-c5ccc6c(c5)/C(=C/c5ccc7ccc8cccc9ccc5c7c89)c5cc(O)ccc5-6)cc4)cc3)ccc1-2. The van der Waals surface area contributed by atoms with Crippen LogP contribution in [0.25, 0.3) is 265 Å². The minimum atomic E-state index is -1.01. The molecule has 0 aliphatic heterocycles. The van der Waals surface area contributed by atoms with Gasteiger partial charge in [-0.1, -0.05) is 388 Å². The molecular formula is C145H84O4. The third kappa shape index (κ3) is 12.3. The number of benzene rings is 28. The summed E-state index contributed by atoms with van der Waals surface area (Å²) in [6, 6.07) is 169. The number of phenolic OH excluding ortho intramolecular Hbond substituents is 4. The molecule has 0 aromatic heterocycles. The van der Waals surface area contributed by atoms with Crippen LogP contribution in [0.5, 0.6) is 23.0 Å². The molecular weight excluding hydrogens is 1810 g/mol. The van der Waals surface area contributed by atoms with Crippen LogP contribution in [0.1, 0.15) is 89.0 Å². The Morgan fingerprint density at radius 1 is 0.134 bits per heavy atom. The molecule has 0 unspecified atom stereocenters. The van der Waals surface area contributed by atoms with Gasteiger partial charge in [-0.2, -0.15) is 0 Å². The van der Waals surface area contributed by atoms with Crippen molar-refractivity contribution < 1.29 is 20.4 Å². The molecule has 32 rings (SSSR count). The Morgan fingerprint density at radius 3 is 0.510 bits per heavy atom. The summed E-state index contributed by atoms with van der Waals surface area (Å²) in [4.78, 5) is 0. The van der Waals surface area contributed by atoms with Crippen molar-refractivity contribution in [1.82, 2.24) is 0 Å². The highest BCUT2D eigenvalue weighted by Crippen LogP contribution is 2.58. The van der Waals surface area contributed by atoms with Gasteiger partial charge < -0.3 is 20.4 Å². The molecule has 0 bridgehead atoms. The van der Waals surface area contributed by atoms with Crippen molar-refractivity contribution in [3.8, 4) is 112 Å². The summed E-state index contributed by atoms with van der Waals surface area (Å²) in [5, 5.41) is 75.3. The van der Waals surface area contributed by atoms with Crippen molar-refractivity contribution in [3.05, 3.63) is 550 Å². The Labute approximate surface area is 857 Å². The predicted octanol–water partition coefficient (Wildman–Crippen LogP) is 37.4. The van der Waals surface area contributed by atoms with E-state index >= 15 is 0 Å². The minimum Gasteiger partial charge on any atom is -0.508 e. The molecule has 0 saturated heterocycles. The van der Waals surface area contributed by atoms with Crippen molar-refractivity contribution in [2.75, 3.05) is 0 Å². The first kappa shape index (κ1) is 83.0. The van der Waals surface area contributed by atoms with Gasteiger partial charge in [-0.3, -0.25) is 0 Å². The van der Waals surface area contributed by atoms with Crippen LogP contribution in [0.4, 0.5) is 0 Å². The lowest BCUT2D eigenvalue weighted by Crippen LogP contribution is -2.31. The largest absolute Gasteiger partial charge is 0.508 e. The highest BCUT2D eigenvalue weighted by atomic mass is 16.3. The van der Waals surface area contributed by atoms with Gasteiger partial charge in [0.2, 0.25) is 0 Å². The average Bonchev–Trinajstić information content (AvgIpc) is 1.69. The Balaban J connectivity index is 0.576. The summed E-state index contributed by atoms with van der Waals surface area (Å²) < 4.78 is 0. The van der Waals surface area contributed by atoms with E-state index in [4.69, 9.17) is 0 Å². The summed E-state index contributed by atoms with van der Waals surface area (Å²) in [5.74, 6) is 0.884. The zero-order valence-electron chi connectivity index (χ0n) is 80.5. The molecule has 0 amide bonds. The first-order valence-electron chi connectivity index (χ1n) is 51.3. The van der Waals surface area contributed by atoms with Crippen LogP contribution in [-0.2, 0) is 5.41 Å². The molecule has 0 spiro atoms. The zero-order chi connectivity index (χ0) is 98.0. The standard InChI is InChI=1S/C145H84O4/c146-109-53-65-121-117-61-41-97(69-125(117)129(133(121)77-109)73-101-25-21-93-17-13-85-5-1-9-89-37-57-113(101)141(93)137(85)89)81-29-45-105(46-30-81)145(106-47-31-82(32-48-106)98-42-62-118-122-66-54-110(147)78-134(122)130(126(118)70-98)74-102-26-22-94-18-14-86-6-2-10-90-38-58-114(102)142(94)138(86)90,107-49-33-83(34-50-107)99-43-63-119-123-67-55-111(148)79-135(123)131(127(119)71-99)75-103-27-23-95-19-15-87-7-3-11-91-39-59-115(103)143(95)139(87)91)108-51-35-84(36-52-108)100-44-64-120-124-68-56-112(149)80-136(124)132(128(120)72-100)76-104-28-24-96-20-16-88-8-4-12-92-40-60-116(104)144(96)140(88)92/h1-80,146-149H/b129-73-,130-74-,131-75-,132-76-. The fourth-order valence-electron chi connectivity index (χ4n) is 26.7. The highest BCUT2D eigenvalue weighted by molar-refractivity contribution is 6.30. The van der Waals surface area contributed by atoms with Gasteiger partial charge in [0.25, 0.3) is 0 Å². The average molecular weight is 1890 g/mol. The van der Waals surface area contributed by atoms with Gasteiger partial charge in [0, 0.05) is 0 Å². The zero-order valence-corrected chi connectivity index (χ0v) is 80.5. The van der Waals surface area contributed by atoms with Crippen LogP contribution < -0.4 is 0 Å². The summed E-state index contributed by atoms with van der Waals surface area (Å²) in [6.07, 6.45) is 9.39. The highest BCUT2D eigenvalue weighted by Gasteiger charge is 2.41. The van der Waals surface area contributed by atoms with Gasteiger partial charge in [0.15, 0.2) is 0 Å². The molecule has 0 heterocycles. The van der Waals surface area contributed by atoms with Gasteiger partial charge in [0.05, 0.1) is 5.41 Å². The molecule has 0 radical (unpaired) electrons. The van der Waals surface area contributed by atoms with Crippen molar-refractivity contribution >= 4 is 176 Å². The summed E-state index contributed by atoms with van der Waals surface area (Å²) in [6.45, 7) is 0. The van der Waals surface area contributed by atoms with Crippen molar-refractivity contribution in [2.45, 2.75) is 5.41 Å². The molecule has 4 aliphatic carbocycles. The van der Waals surface area contributed by atoms with Crippen molar-refractivity contribution in [2.24, 2.45) is 0 Å². The van der Waals surface area contributed by atoms with Crippen LogP contribution in [0.3, 0.4) is 0 Å². The summed E-state index contributed by atoms with van der Waals surface area (Å²) >= 11 is 0. The third-order valence-corrected chi connectivity index (χ3v) is 33.6. The molecule has 28 aromatic rings. The second kappa shape index (κ2) is 31.3. The number of hydrogen-bond acceptors (Lipinski definition) is 4. The summed E-state index contributed by atoms with van der Waals surface area (Å²) in [7, 11) is 0. The molecule has 149 heavy (non-hydrogen) atoms. The van der Waals surface area contributed by atoms with E-state index in [9.17, 15) is 20.4 Å². The fraction of sp³-hybridized carbons (Fsp3) is 0.00690. The lowest BCUT2D eigenvalue weighted by Gasteiger charge is -2.37. The van der Waals surface area contributed by atoms with E-state index in [1.165, 1.54) is 129 Å². The topological polar surface area (TPSA) is 80.9 Å². The smallest absolute Gasteiger partial charge is 0.116 e. The Morgan fingerprint density at radius 2 is 0.302 bits per heavy atom. The first-order valence-corrected chi connectivity index (χ1v) is 51.3. The van der Waals surface area contributed by atoms with Crippen LogP contribution in [0, 0.1) is 0 Å². The van der Waals surface area contributed by atoms with Crippen LogP contribution in [0.2, 0.25) is 0 Å². The maximum Gasteiger partial charge on any atom is 0.116 e. The number of hydrogen-bond donors (Lipinski definition) is 4. The predicted molar refractivity (Wildman–Crippen MR) is 623 cm³/mol. The molecule has 4 N–H and O–H groups in total. The van der Waals surface area contributed by atoms with Gasteiger partial charge in [-0.15, -0.1) is 0 Å². The van der Waals surface area contributed by atoms with Crippen molar-refractivity contribution in [1.29, 1.82) is 0 Å². The number of rotatable bonds is 12. The minimum absolute atomic E-state index is 0.221. The molecule has 28 aromatic carbocycles. The van der Waals surface area contributed by atoms with E-state index < -0.39 is 5.41 Å². The molecule has 0 fully saturated rings. The first-order chi connectivity index (χ1) is 73.4. The van der Waals surface area contributed by atoms with Gasteiger partial charge in [0.1, 0.15) is 23.0 Å². The van der Waals surface area contributed by atoms with Gasteiger partial charge >= 0.3 is 0 Å². The van der Waals surface area contributed by atoms with Crippen LogP contribution in [0.15, 0.2) is 461 Å². The lowest BCUT2D eigenvalue weighted by molar-refractivity contribution is 0.474. The van der Waals surface area contributed by atoms with E-state index in [1.54, 1.807) is 0 Å². The Kier molecular flexibility index (Phi) is 17.4. The van der Waals surface area contributed by atoms with E-state index in [2.05, 4.69) is 437 Å². The van der Waals surface area contributed by atoms with Gasteiger partial charge in [-0.05, 0) is 427 Å². The van der Waals surface area contributed by atoms with Crippen LogP contribution in [-0.4, -0.2) is 20.4 Å². The van der Waals surface area contributed by atoms with Crippen LogP contribution >= 0.6 is 0 Å². The van der Waals surface area contributed by atoms with E-state index in [1.807, 2.05) is 48.5 Å². The molecule has 4 aliphatic rings. The molecule has 0 saturated carbocycles. The Bertz CT molecular complexity index is 9570. The fourth-order valence-corrected chi connectivity index (χ4v) is 26.7. The van der Waals surface area contributed by atoms with E-state index in [0.717, 1.165) is 200 Å². The second-order valence-corrected chi connectivity index (χ2v) is 41.3. The Hall–Kier alpha value is -19.5. The van der Waals surface area contributed by atoms with Crippen molar-refractivity contribution in [3.63, 3.8) is 0 Å². The lowest BCUT2D eigenvalue weighted by atomic mass is 9.64. The number of phenols is 4. The third-order valence-electron chi connectivity index (χ3n) is 33.6. The molecule has 688 valence electrons. The normalized spacial score (nSPS) is 14.1. The molecule has 0 atom stereocenters. The van der Waals surface area contributed by atoms with E-state index in [0.29, 0.717) is 0 Å². The van der Waals surface area contributed by atoms with Gasteiger partial charge in [-0.25, -0.2) is 0 Å².